The fourth-order valence-corrected chi connectivity index (χ4v) is 5.91. The first-order chi connectivity index (χ1) is 18.5. The summed E-state index contributed by atoms with van der Waals surface area (Å²) in [6.45, 7) is 2.93. The average molecular weight is 557 g/mol. The quantitative estimate of drug-likeness (QED) is 0.353. The minimum atomic E-state index is -3.40. The Kier molecular flexibility index (Phi) is 8.83. The van der Waals surface area contributed by atoms with Crippen LogP contribution in [0, 0.1) is 24.5 Å². The maximum Gasteiger partial charge on any atom is 0.210 e. The number of hydrogen-bond donors (Lipinski definition) is 0. The SMILES string of the molecule is COc1cccc(C(=O)[C@H]2CN(CCN(C)S(C)(=O)=O)C[C@H](c3ccccc3F)[C@H]2c2cccc(F)c2C)c1. The lowest BCUT2D eigenvalue weighted by Gasteiger charge is -2.44. The summed E-state index contributed by atoms with van der Waals surface area (Å²) in [7, 11) is -0.366. The van der Waals surface area contributed by atoms with Gasteiger partial charge in [0.2, 0.25) is 10.0 Å². The van der Waals surface area contributed by atoms with Crippen LogP contribution in [0.15, 0.2) is 66.7 Å². The van der Waals surface area contributed by atoms with Crippen LogP contribution in [0.5, 0.6) is 5.75 Å². The molecule has 1 aliphatic rings. The molecular formula is C30H34F2N2O4S. The van der Waals surface area contributed by atoms with Crippen LogP contribution in [-0.2, 0) is 10.0 Å². The molecule has 1 fully saturated rings. The molecule has 6 nitrogen and oxygen atoms in total. The molecular weight excluding hydrogens is 522 g/mol. The summed E-state index contributed by atoms with van der Waals surface area (Å²) in [6, 6.07) is 18.2. The Morgan fingerprint density at radius 2 is 1.67 bits per heavy atom. The first-order valence-corrected chi connectivity index (χ1v) is 14.7. The predicted octanol–water partition coefficient (Wildman–Crippen LogP) is 4.86. The molecule has 0 aromatic heterocycles. The van der Waals surface area contributed by atoms with E-state index in [9.17, 15) is 17.6 Å². The Labute approximate surface area is 229 Å². The van der Waals surface area contributed by atoms with Crippen LogP contribution < -0.4 is 4.74 Å². The summed E-state index contributed by atoms with van der Waals surface area (Å²) < 4.78 is 60.8. The third-order valence-electron chi connectivity index (χ3n) is 7.74. The van der Waals surface area contributed by atoms with Crippen LogP contribution >= 0.6 is 0 Å². The third kappa shape index (κ3) is 6.37. The number of halogens is 2. The van der Waals surface area contributed by atoms with Gasteiger partial charge in [0.15, 0.2) is 5.78 Å². The second-order valence-corrected chi connectivity index (χ2v) is 12.2. The summed E-state index contributed by atoms with van der Waals surface area (Å²) in [5.41, 5.74) is 1.98. The molecule has 0 saturated carbocycles. The minimum absolute atomic E-state index is 0.162. The first-order valence-electron chi connectivity index (χ1n) is 12.8. The monoisotopic (exact) mass is 556 g/mol. The van der Waals surface area contributed by atoms with Crippen molar-refractivity contribution in [3.63, 3.8) is 0 Å². The van der Waals surface area contributed by atoms with Crippen LogP contribution in [0.1, 0.15) is 38.9 Å². The van der Waals surface area contributed by atoms with E-state index in [1.807, 2.05) is 11.0 Å². The molecule has 1 heterocycles. The number of carbonyl (C=O) groups excluding carboxylic acids is 1. The van der Waals surface area contributed by atoms with E-state index >= 15 is 4.39 Å². The van der Waals surface area contributed by atoms with Gasteiger partial charge >= 0.3 is 0 Å². The van der Waals surface area contributed by atoms with E-state index in [1.54, 1.807) is 55.5 Å². The van der Waals surface area contributed by atoms with Crippen molar-refractivity contribution in [3.8, 4) is 5.75 Å². The van der Waals surface area contributed by atoms with Gasteiger partial charge in [0.25, 0.3) is 0 Å². The highest BCUT2D eigenvalue weighted by molar-refractivity contribution is 7.88. The third-order valence-corrected chi connectivity index (χ3v) is 9.05. The van der Waals surface area contributed by atoms with Crippen molar-refractivity contribution < 1.29 is 26.7 Å². The number of rotatable bonds is 9. The summed E-state index contributed by atoms with van der Waals surface area (Å²) in [5, 5.41) is 0. The van der Waals surface area contributed by atoms with Gasteiger partial charge in [-0.05, 0) is 47.9 Å². The standard InChI is InChI=1S/C30H34F2N2O4S/c1-20-23(12-8-14-27(20)31)29-25(24-11-5-6-13-28(24)32)18-34(16-15-33(2)39(4,36)37)19-26(29)30(35)21-9-7-10-22(17-21)38-3/h5-14,17,25-26,29H,15-16,18-19H2,1-4H3/t25-,26+,29-/m1/s1. The number of benzene rings is 3. The van der Waals surface area contributed by atoms with Crippen molar-refractivity contribution in [2.24, 2.45) is 5.92 Å². The average Bonchev–Trinajstić information content (AvgIpc) is 2.92. The van der Waals surface area contributed by atoms with Crippen molar-refractivity contribution in [1.29, 1.82) is 0 Å². The number of likely N-dealkylation sites (N-methyl/N-ethyl adjacent to an activating group) is 1. The second-order valence-electron chi connectivity index (χ2n) is 10.2. The van der Waals surface area contributed by atoms with Crippen molar-refractivity contribution >= 4 is 15.8 Å². The van der Waals surface area contributed by atoms with E-state index < -0.39 is 33.6 Å². The summed E-state index contributed by atoms with van der Waals surface area (Å²) in [5.74, 6) is -2.06. The Bertz CT molecular complexity index is 1450. The fourth-order valence-electron chi connectivity index (χ4n) is 5.49. The first kappa shape index (κ1) is 28.9. The highest BCUT2D eigenvalue weighted by atomic mass is 32.2. The Morgan fingerprint density at radius 1 is 1.00 bits per heavy atom. The highest BCUT2D eigenvalue weighted by Crippen LogP contribution is 2.46. The lowest BCUT2D eigenvalue weighted by Crippen LogP contribution is -2.49. The number of ketones is 1. The zero-order chi connectivity index (χ0) is 28.3. The van der Waals surface area contributed by atoms with E-state index in [0.29, 0.717) is 47.6 Å². The molecule has 3 aromatic rings. The minimum Gasteiger partial charge on any atom is -0.497 e. The Hall–Kier alpha value is -3.14. The molecule has 0 bridgehead atoms. The van der Waals surface area contributed by atoms with Crippen LogP contribution in [0.4, 0.5) is 8.78 Å². The van der Waals surface area contributed by atoms with E-state index in [2.05, 4.69) is 0 Å². The number of hydrogen-bond acceptors (Lipinski definition) is 5. The number of piperidine rings is 1. The van der Waals surface area contributed by atoms with Crippen LogP contribution in [0.25, 0.3) is 0 Å². The largest absolute Gasteiger partial charge is 0.497 e. The summed E-state index contributed by atoms with van der Waals surface area (Å²) in [4.78, 5) is 16.2. The van der Waals surface area contributed by atoms with E-state index in [1.165, 1.54) is 30.6 Å². The smallest absolute Gasteiger partial charge is 0.210 e. The number of sulfonamides is 1. The van der Waals surface area contributed by atoms with Gasteiger partial charge in [-0.15, -0.1) is 0 Å². The highest BCUT2D eigenvalue weighted by Gasteiger charge is 2.44. The molecule has 0 spiro atoms. The molecule has 0 radical (unpaired) electrons. The number of nitrogens with zero attached hydrogens (tertiary/aromatic N) is 2. The van der Waals surface area contributed by atoms with Crippen molar-refractivity contribution in [1.82, 2.24) is 9.21 Å². The molecule has 0 N–H and O–H groups in total. The molecule has 39 heavy (non-hydrogen) atoms. The molecule has 0 unspecified atom stereocenters. The molecule has 0 aliphatic carbocycles. The molecule has 9 heteroatoms. The van der Waals surface area contributed by atoms with Gasteiger partial charge in [-0.1, -0.05) is 42.5 Å². The fraction of sp³-hybridized carbons (Fsp3) is 0.367. The number of likely N-dealkylation sites (tertiary alicyclic amines) is 1. The molecule has 1 saturated heterocycles. The van der Waals surface area contributed by atoms with E-state index in [-0.39, 0.29) is 18.1 Å². The van der Waals surface area contributed by atoms with E-state index in [0.717, 1.165) is 6.26 Å². The maximum absolute atomic E-state index is 15.3. The molecule has 208 valence electrons. The zero-order valence-corrected chi connectivity index (χ0v) is 23.4. The zero-order valence-electron chi connectivity index (χ0n) is 22.6. The van der Waals surface area contributed by atoms with Crippen LogP contribution in [0.3, 0.4) is 0 Å². The normalized spacial score (nSPS) is 20.2. The number of ether oxygens (including phenoxy) is 1. The van der Waals surface area contributed by atoms with Crippen molar-refractivity contribution in [2.45, 2.75) is 18.8 Å². The second kappa shape index (κ2) is 11.9. The number of carbonyl (C=O) groups is 1. The van der Waals surface area contributed by atoms with Gasteiger partial charge in [-0.2, -0.15) is 0 Å². The van der Waals surface area contributed by atoms with Gasteiger partial charge in [0.05, 0.1) is 13.4 Å². The molecule has 3 atom stereocenters. The van der Waals surface area contributed by atoms with Crippen molar-refractivity contribution in [3.05, 3.63) is 101 Å². The predicted molar refractivity (Wildman–Crippen MR) is 148 cm³/mol. The Morgan fingerprint density at radius 3 is 2.36 bits per heavy atom. The van der Waals surface area contributed by atoms with Gasteiger partial charge in [0.1, 0.15) is 17.4 Å². The summed E-state index contributed by atoms with van der Waals surface area (Å²) >= 11 is 0. The molecule has 4 rings (SSSR count). The lowest BCUT2D eigenvalue weighted by molar-refractivity contribution is 0.0730. The van der Waals surface area contributed by atoms with Gasteiger partial charge in [-0.25, -0.2) is 21.5 Å². The lowest BCUT2D eigenvalue weighted by atomic mass is 9.67. The molecule has 3 aromatic carbocycles. The molecule has 0 amide bonds. The number of Topliss-reactive ketones (excluding diaryl/α,β-unsaturated/α-hetero) is 1. The van der Waals surface area contributed by atoms with Crippen LogP contribution in [-0.4, -0.2) is 70.0 Å². The van der Waals surface area contributed by atoms with Gasteiger partial charge < -0.3 is 9.64 Å². The molecule has 1 aliphatic heterocycles. The maximum atomic E-state index is 15.3. The topological polar surface area (TPSA) is 66.9 Å². The number of methoxy groups -OCH3 is 1. The summed E-state index contributed by atoms with van der Waals surface area (Å²) in [6.07, 6.45) is 1.14. The van der Waals surface area contributed by atoms with Gasteiger partial charge in [0, 0.05) is 56.5 Å². The van der Waals surface area contributed by atoms with E-state index in [4.69, 9.17) is 4.74 Å². The van der Waals surface area contributed by atoms with Crippen molar-refractivity contribution in [2.75, 3.05) is 46.6 Å². The Balaban J connectivity index is 1.84. The van der Waals surface area contributed by atoms with Gasteiger partial charge in [-0.3, -0.25) is 4.79 Å². The van der Waals surface area contributed by atoms with Crippen LogP contribution in [0.2, 0.25) is 0 Å².